The van der Waals surface area contributed by atoms with Crippen LogP contribution in [-0.4, -0.2) is 49.9 Å². The Bertz CT molecular complexity index is 844. The minimum atomic E-state index is -0.806. The molecule has 0 radical (unpaired) electrons. The van der Waals surface area contributed by atoms with E-state index in [0.29, 0.717) is 37.6 Å². The molecule has 1 aromatic heterocycles. The summed E-state index contributed by atoms with van der Waals surface area (Å²) in [5, 5.41) is 6.17. The topological polar surface area (TPSA) is 81.7 Å². The van der Waals surface area contributed by atoms with Crippen LogP contribution in [0.25, 0.3) is 11.3 Å². The van der Waals surface area contributed by atoms with Crippen LogP contribution in [0.4, 0.5) is 5.82 Å². The Kier molecular flexibility index (Phi) is 8.10. The number of anilines is 1. The first-order valence-corrected chi connectivity index (χ1v) is 9.15. The number of carbonyl (C=O) groups is 1. The van der Waals surface area contributed by atoms with Gasteiger partial charge in [-0.3, -0.25) is 4.79 Å². The molecule has 0 bridgehead atoms. The Balaban J connectivity index is 0.00000150. The van der Waals surface area contributed by atoms with Gasteiger partial charge in [0.2, 0.25) is 0 Å². The van der Waals surface area contributed by atoms with E-state index in [1.54, 1.807) is 13.2 Å². The molecule has 2 aliphatic heterocycles. The maximum absolute atomic E-state index is 12.8. The molecule has 0 saturated carbocycles. The molecule has 1 amide bonds. The summed E-state index contributed by atoms with van der Waals surface area (Å²) in [5.74, 6) is 1.80. The van der Waals surface area contributed by atoms with Gasteiger partial charge >= 0.3 is 0 Å². The number of ether oxygens (including phenoxy) is 3. The van der Waals surface area contributed by atoms with Crippen LogP contribution in [-0.2, 0) is 9.53 Å². The SMILES string of the molecule is COC1(C(=O)Nc2cccc(-c3ccc4c(c3)OCCO4)n2)CCNCC1.Cl.Cl. The third-order valence-corrected chi connectivity index (χ3v) is 5.04. The predicted octanol–water partition coefficient (Wildman–Crippen LogP) is 3.07. The summed E-state index contributed by atoms with van der Waals surface area (Å²) in [6.45, 7) is 2.61. The average molecular weight is 442 g/mol. The molecule has 158 valence electrons. The number of piperidine rings is 1. The maximum atomic E-state index is 12.8. The molecule has 0 spiro atoms. The van der Waals surface area contributed by atoms with Crippen LogP contribution in [0.2, 0.25) is 0 Å². The van der Waals surface area contributed by atoms with Crippen LogP contribution >= 0.6 is 24.8 Å². The second kappa shape index (κ2) is 10.1. The molecule has 0 unspecified atom stereocenters. The molecule has 4 rings (SSSR count). The van der Waals surface area contributed by atoms with Crippen molar-refractivity contribution in [1.82, 2.24) is 10.3 Å². The van der Waals surface area contributed by atoms with Crippen molar-refractivity contribution in [2.75, 3.05) is 38.7 Å². The lowest BCUT2D eigenvalue weighted by molar-refractivity contribution is -0.140. The van der Waals surface area contributed by atoms with Crippen LogP contribution in [0.3, 0.4) is 0 Å². The van der Waals surface area contributed by atoms with Crippen LogP contribution in [0, 0.1) is 0 Å². The molecule has 0 aliphatic carbocycles. The van der Waals surface area contributed by atoms with E-state index in [1.807, 2.05) is 30.3 Å². The number of benzene rings is 1. The van der Waals surface area contributed by atoms with Crippen LogP contribution < -0.4 is 20.1 Å². The zero-order chi connectivity index (χ0) is 18.7. The van der Waals surface area contributed by atoms with Crippen molar-refractivity contribution in [3.8, 4) is 22.8 Å². The number of hydrogen-bond acceptors (Lipinski definition) is 6. The Morgan fingerprint density at radius 2 is 1.83 bits per heavy atom. The second-order valence-electron chi connectivity index (χ2n) is 6.67. The Hall–Kier alpha value is -2.06. The Labute approximate surface area is 182 Å². The van der Waals surface area contributed by atoms with Crippen LogP contribution in [0.5, 0.6) is 11.5 Å². The zero-order valence-corrected chi connectivity index (χ0v) is 17.7. The molecule has 2 aromatic rings. The third kappa shape index (κ3) is 4.93. The standard InChI is InChI=1S/C20H23N3O4.2ClH/c1-25-20(7-9-21-10-8-20)19(24)23-18-4-2-3-15(22-18)14-5-6-16-17(13-14)27-12-11-26-16;;/h2-6,13,21H,7-12H2,1H3,(H,22,23,24);2*1H. The Morgan fingerprint density at radius 3 is 2.55 bits per heavy atom. The number of amides is 1. The minimum absolute atomic E-state index is 0. The average Bonchev–Trinajstić information content (AvgIpc) is 2.74. The van der Waals surface area contributed by atoms with Gasteiger partial charge in [-0.1, -0.05) is 6.07 Å². The summed E-state index contributed by atoms with van der Waals surface area (Å²) in [7, 11) is 1.59. The lowest BCUT2D eigenvalue weighted by atomic mass is 9.91. The first-order valence-electron chi connectivity index (χ1n) is 9.15. The lowest BCUT2D eigenvalue weighted by Crippen LogP contribution is -2.51. The van der Waals surface area contributed by atoms with E-state index in [4.69, 9.17) is 14.2 Å². The van der Waals surface area contributed by atoms with Gasteiger partial charge in [-0.25, -0.2) is 4.98 Å². The monoisotopic (exact) mass is 441 g/mol. The van der Waals surface area contributed by atoms with Gasteiger partial charge < -0.3 is 24.8 Å². The van der Waals surface area contributed by atoms with Crippen molar-refractivity contribution in [2.45, 2.75) is 18.4 Å². The van der Waals surface area contributed by atoms with Gasteiger partial charge in [0.05, 0.1) is 5.69 Å². The summed E-state index contributed by atoms with van der Waals surface area (Å²) in [4.78, 5) is 17.4. The molecule has 29 heavy (non-hydrogen) atoms. The van der Waals surface area contributed by atoms with Gasteiger partial charge in [0, 0.05) is 12.7 Å². The zero-order valence-electron chi connectivity index (χ0n) is 16.1. The van der Waals surface area contributed by atoms with Crippen LogP contribution in [0.15, 0.2) is 36.4 Å². The second-order valence-corrected chi connectivity index (χ2v) is 6.67. The summed E-state index contributed by atoms with van der Waals surface area (Å²) in [6.07, 6.45) is 1.27. The molecule has 2 N–H and O–H groups in total. The maximum Gasteiger partial charge on any atom is 0.257 e. The van der Waals surface area contributed by atoms with E-state index in [1.165, 1.54) is 0 Å². The van der Waals surface area contributed by atoms with E-state index in [-0.39, 0.29) is 30.7 Å². The summed E-state index contributed by atoms with van der Waals surface area (Å²) in [6, 6.07) is 11.3. The fourth-order valence-electron chi connectivity index (χ4n) is 3.45. The predicted molar refractivity (Wildman–Crippen MR) is 116 cm³/mol. The summed E-state index contributed by atoms with van der Waals surface area (Å²) < 4.78 is 16.8. The highest BCUT2D eigenvalue weighted by Gasteiger charge is 2.39. The fourth-order valence-corrected chi connectivity index (χ4v) is 3.45. The van der Waals surface area contributed by atoms with Gasteiger partial charge in [0.1, 0.15) is 24.6 Å². The van der Waals surface area contributed by atoms with E-state index >= 15 is 0 Å². The number of nitrogens with zero attached hydrogens (tertiary/aromatic N) is 1. The van der Waals surface area contributed by atoms with Crippen molar-refractivity contribution < 1.29 is 19.0 Å². The molecular formula is C20H25Cl2N3O4. The van der Waals surface area contributed by atoms with E-state index in [9.17, 15) is 4.79 Å². The number of aromatic nitrogens is 1. The van der Waals surface area contributed by atoms with Gasteiger partial charge in [-0.15, -0.1) is 24.8 Å². The van der Waals surface area contributed by atoms with Crippen molar-refractivity contribution in [1.29, 1.82) is 0 Å². The van der Waals surface area contributed by atoms with E-state index in [0.717, 1.165) is 30.1 Å². The molecule has 1 saturated heterocycles. The number of pyridine rings is 1. The first kappa shape index (κ1) is 23.2. The molecule has 1 aromatic carbocycles. The highest BCUT2D eigenvalue weighted by atomic mass is 35.5. The molecule has 7 nitrogen and oxygen atoms in total. The Morgan fingerprint density at radius 1 is 1.10 bits per heavy atom. The molecule has 0 atom stereocenters. The number of methoxy groups -OCH3 is 1. The molecular weight excluding hydrogens is 417 g/mol. The van der Waals surface area contributed by atoms with Crippen molar-refractivity contribution in [2.24, 2.45) is 0 Å². The van der Waals surface area contributed by atoms with Crippen molar-refractivity contribution in [3.05, 3.63) is 36.4 Å². The number of hydrogen-bond donors (Lipinski definition) is 2. The van der Waals surface area contributed by atoms with Gasteiger partial charge in [0.25, 0.3) is 5.91 Å². The quantitative estimate of drug-likeness (QED) is 0.758. The number of rotatable bonds is 4. The van der Waals surface area contributed by atoms with Crippen molar-refractivity contribution >= 4 is 36.5 Å². The lowest BCUT2D eigenvalue weighted by Gasteiger charge is -2.34. The van der Waals surface area contributed by atoms with Gasteiger partial charge in [-0.05, 0) is 56.3 Å². The summed E-state index contributed by atoms with van der Waals surface area (Å²) in [5.41, 5.74) is 0.847. The highest BCUT2D eigenvalue weighted by molar-refractivity contribution is 5.97. The van der Waals surface area contributed by atoms with E-state index in [2.05, 4.69) is 15.6 Å². The molecule has 2 aliphatic rings. The van der Waals surface area contributed by atoms with E-state index < -0.39 is 5.60 Å². The fraction of sp³-hybridized carbons (Fsp3) is 0.400. The van der Waals surface area contributed by atoms with Gasteiger partial charge in [-0.2, -0.15) is 0 Å². The first-order chi connectivity index (χ1) is 13.2. The number of fused-ring (bicyclic) bond motifs is 1. The normalized spacial score (nSPS) is 16.7. The van der Waals surface area contributed by atoms with Crippen molar-refractivity contribution in [3.63, 3.8) is 0 Å². The van der Waals surface area contributed by atoms with Gasteiger partial charge in [0.15, 0.2) is 11.5 Å². The number of carbonyl (C=O) groups excluding carboxylic acids is 1. The number of nitrogens with one attached hydrogen (secondary N) is 2. The summed E-state index contributed by atoms with van der Waals surface area (Å²) >= 11 is 0. The smallest absolute Gasteiger partial charge is 0.257 e. The largest absolute Gasteiger partial charge is 0.486 e. The van der Waals surface area contributed by atoms with Crippen LogP contribution in [0.1, 0.15) is 12.8 Å². The number of halogens is 2. The third-order valence-electron chi connectivity index (χ3n) is 5.04. The molecule has 9 heteroatoms. The molecule has 1 fully saturated rings. The minimum Gasteiger partial charge on any atom is -0.486 e. The molecule has 3 heterocycles. The highest BCUT2D eigenvalue weighted by Crippen LogP contribution is 2.34.